The van der Waals surface area contributed by atoms with Crippen molar-refractivity contribution in [1.82, 2.24) is 4.90 Å². The quantitative estimate of drug-likeness (QED) is 0.743. The van der Waals surface area contributed by atoms with E-state index < -0.39 is 0 Å². The van der Waals surface area contributed by atoms with Gasteiger partial charge in [0, 0.05) is 26.7 Å². The van der Waals surface area contributed by atoms with Crippen LogP contribution < -0.4 is 0 Å². The average molecular weight is 309 g/mol. The molecule has 0 aromatic carbocycles. The zero-order valence-electron chi connectivity index (χ0n) is 8.59. The molecule has 1 aliphatic rings. The molecule has 4 heteroatoms. The Morgan fingerprint density at radius 3 is 3.07 bits per heavy atom. The molecule has 0 saturated carbocycles. The summed E-state index contributed by atoms with van der Waals surface area (Å²) in [6.07, 6.45) is 3.54. The van der Waals surface area contributed by atoms with Gasteiger partial charge < -0.3 is 0 Å². The fourth-order valence-corrected chi connectivity index (χ4v) is 3.67. The summed E-state index contributed by atoms with van der Waals surface area (Å²) >= 11 is 11.5. The van der Waals surface area contributed by atoms with E-state index in [1.807, 2.05) is 11.3 Å². The summed E-state index contributed by atoms with van der Waals surface area (Å²) in [4.78, 5) is 3.95. The van der Waals surface area contributed by atoms with Crippen LogP contribution in [0.15, 0.2) is 15.9 Å². The lowest BCUT2D eigenvalue weighted by molar-refractivity contribution is 0.279. The maximum Gasteiger partial charge on any atom is 0.0348 e. The summed E-state index contributed by atoms with van der Waals surface area (Å²) in [5.41, 5.74) is 0. The molecule has 1 aromatic heterocycles. The van der Waals surface area contributed by atoms with Crippen LogP contribution in [0.4, 0.5) is 0 Å². The summed E-state index contributed by atoms with van der Waals surface area (Å²) < 4.78 is 1.20. The third kappa shape index (κ3) is 3.74. The largest absolute Gasteiger partial charge is 0.298 e. The van der Waals surface area contributed by atoms with Crippen LogP contribution in [0.3, 0.4) is 0 Å². The van der Waals surface area contributed by atoms with Gasteiger partial charge in [0.05, 0.1) is 0 Å². The van der Waals surface area contributed by atoms with Gasteiger partial charge in [0.1, 0.15) is 0 Å². The minimum atomic E-state index is 0.394. The number of rotatable bonds is 2. The van der Waals surface area contributed by atoms with Gasteiger partial charge in [0.15, 0.2) is 0 Å². The third-order valence-electron chi connectivity index (χ3n) is 2.75. The van der Waals surface area contributed by atoms with E-state index >= 15 is 0 Å². The second-order valence-electron chi connectivity index (χ2n) is 4.04. The van der Waals surface area contributed by atoms with Crippen molar-refractivity contribution < 1.29 is 0 Å². The van der Waals surface area contributed by atoms with Crippen LogP contribution in [0.5, 0.6) is 0 Å². The Morgan fingerprint density at radius 2 is 2.33 bits per heavy atom. The van der Waals surface area contributed by atoms with Gasteiger partial charge >= 0.3 is 0 Å². The Bertz CT molecular complexity index is 315. The molecule has 0 radical (unpaired) electrons. The molecule has 2 rings (SSSR count). The lowest BCUT2D eigenvalue weighted by Crippen LogP contribution is -2.23. The monoisotopic (exact) mass is 307 g/mol. The first-order valence-electron chi connectivity index (χ1n) is 5.33. The molecule has 1 aliphatic heterocycles. The number of nitrogens with zero attached hydrogens (tertiary/aromatic N) is 1. The van der Waals surface area contributed by atoms with E-state index in [-0.39, 0.29) is 0 Å². The summed E-state index contributed by atoms with van der Waals surface area (Å²) in [6.45, 7) is 3.42. The van der Waals surface area contributed by atoms with Crippen molar-refractivity contribution in [2.24, 2.45) is 0 Å². The van der Waals surface area contributed by atoms with Crippen molar-refractivity contribution >= 4 is 38.9 Å². The highest BCUT2D eigenvalue weighted by atomic mass is 79.9. The molecule has 1 atom stereocenters. The van der Waals surface area contributed by atoms with E-state index in [0.717, 1.165) is 19.5 Å². The molecule has 0 N–H and O–H groups in total. The molecule has 1 fully saturated rings. The number of alkyl halides is 1. The first-order chi connectivity index (χ1) is 7.24. The predicted molar refractivity (Wildman–Crippen MR) is 70.8 cm³/mol. The molecule has 1 unspecified atom stereocenters. The number of thiophene rings is 1. The van der Waals surface area contributed by atoms with Gasteiger partial charge in [-0.15, -0.1) is 22.9 Å². The highest BCUT2D eigenvalue weighted by Crippen LogP contribution is 2.23. The van der Waals surface area contributed by atoms with Crippen LogP contribution >= 0.6 is 38.9 Å². The molecule has 1 aromatic rings. The van der Waals surface area contributed by atoms with Gasteiger partial charge in [-0.05, 0) is 54.3 Å². The summed E-state index contributed by atoms with van der Waals surface area (Å²) in [7, 11) is 0. The molecule has 15 heavy (non-hydrogen) atoms. The zero-order chi connectivity index (χ0) is 10.7. The van der Waals surface area contributed by atoms with Crippen LogP contribution in [0.1, 0.15) is 24.1 Å². The number of hydrogen-bond donors (Lipinski definition) is 0. The standard InChI is InChI=1S/C11H15BrClNS/c12-9-6-11(15-8-9)7-14-4-1-2-10(13)3-5-14/h6,8,10H,1-5,7H2. The Morgan fingerprint density at radius 1 is 1.47 bits per heavy atom. The Balaban J connectivity index is 1.88. The lowest BCUT2D eigenvalue weighted by atomic mass is 10.2. The SMILES string of the molecule is ClC1CCCN(Cc2cc(Br)cs2)CC1. The van der Waals surface area contributed by atoms with Crippen LogP contribution in [0.25, 0.3) is 0 Å². The van der Waals surface area contributed by atoms with Crippen molar-refractivity contribution in [1.29, 1.82) is 0 Å². The Kier molecular flexibility index (Phi) is 4.50. The van der Waals surface area contributed by atoms with Crippen molar-refractivity contribution in [3.63, 3.8) is 0 Å². The first-order valence-corrected chi connectivity index (χ1v) is 7.44. The number of halogens is 2. The molecule has 0 spiro atoms. The molecular formula is C11H15BrClNS. The fourth-order valence-electron chi connectivity index (χ4n) is 1.93. The van der Waals surface area contributed by atoms with Gasteiger partial charge in [-0.1, -0.05) is 0 Å². The molecule has 0 aliphatic carbocycles. The van der Waals surface area contributed by atoms with E-state index in [1.165, 1.54) is 28.7 Å². The third-order valence-corrected chi connectivity index (χ3v) is 4.87. The normalized spacial score (nSPS) is 24.0. The number of hydrogen-bond acceptors (Lipinski definition) is 2. The number of likely N-dealkylation sites (tertiary alicyclic amines) is 1. The second-order valence-corrected chi connectivity index (χ2v) is 6.56. The van der Waals surface area contributed by atoms with E-state index in [0.29, 0.717) is 5.38 Å². The van der Waals surface area contributed by atoms with Crippen molar-refractivity contribution in [3.05, 3.63) is 20.8 Å². The van der Waals surface area contributed by atoms with Crippen LogP contribution in [0.2, 0.25) is 0 Å². The van der Waals surface area contributed by atoms with Crippen LogP contribution in [-0.4, -0.2) is 23.4 Å². The van der Waals surface area contributed by atoms with Gasteiger partial charge in [-0.25, -0.2) is 0 Å². The average Bonchev–Trinajstić information content (AvgIpc) is 2.48. The topological polar surface area (TPSA) is 3.24 Å². The fraction of sp³-hybridized carbons (Fsp3) is 0.636. The van der Waals surface area contributed by atoms with Crippen LogP contribution in [0, 0.1) is 0 Å². The maximum atomic E-state index is 6.16. The predicted octanol–water partition coefficient (Wildman–Crippen LogP) is 4.10. The Hall–Kier alpha value is 0.430. The Labute approximate surface area is 109 Å². The van der Waals surface area contributed by atoms with Gasteiger partial charge in [0.2, 0.25) is 0 Å². The van der Waals surface area contributed by atoms with Gasteiger partial charge in [-0.2, -0.15) is 0 Å². The summed E-state index contributed by atoms with van der Waals surface area (Å²) in [6, 6.07) is 2.22. The highest BCUT2D eigenvalue weighted by Gasteiger charge is 2.15. The lowest BCUT2D eigenvalue weighted by Gasteiger charge is -2.18. The van der Waals surface area contributed by atoms with E-state index in [4.69, 9.17) is 11.6 Å². The molecule has 1 nitrogen and oxygen atoms in total. The molecule has 84 valence electrons. The molecule has 2 heterocycles. The van der Waals surface area contributed by atoms with Crippen LogP contribution in [-0.2, 0) is 6.54 Å². The molecule has 0 amide bonds. The molecule has 1 saturated heterocycles. The van der Waals surface area contributed by atoms with Crippen molar-refractivity contribution in [3.8, 4) is 0 Å². The van der Waals surface area contributed by atoms with E-state index in [1.54, 1.807) is 0 Å². The maximum absolute atomic E-state index is 6.16. The first kappa shape index (κ1) is 11.9. The highest BCUT2D eigenvalue weighted by molar-refractivity contribution is 9.10. The minimum absolute atomic E-state index is 0.394. The van der Waals surface area contributed by atoms with Gasteiger partial charge in [0.25, 0.3) is 0 Å². The molecular weight excluding hydrogens is 294 g/mol. The van der Waals surface area contributed by atoms with E-state index in [9.17, 15) is 0 Å². The summed E-state index contributed by atoms with van der Waals surface area (Å²) in [5, 5.41) is 2.54. The molecule has 0 bridgehead atoms. The van der Waals surface area contributed by atoms with Gasteiger partial charge in [-0.3, -0.25) is 4.90 Å². The second kappa shape index (κ2) is 5.67. The van der Waals surface area contributed by atoms with Crippen molar-refractivity contribution in [2.45, 2.75) is 31.2 Å². The smallest absolute Gasteiger partial charge is 0.0348 e. The summed E-state index contributed by atoms with van der Waals surface area (Å²) in [5.74, 6) is 0. The zero-order valence-corrected chi connectivity index (χ0v) is 11.7. The van der Waals surface area contributed by atoms with E-state index in [2.05, 4.69) is 32.3 Å². The van der Waals surface area contributed by atoms with Crippen molar-refractivity contribution in [2.75, 3.05) is 13.1 Å². The minimum Gasteiger partial charge on any atom is -0.298 e.